The lowest BCUT2D eigenvalue weighted by Gasteiger charge is -2.08. The minimum atomic E-state index is -0.578. The molecule has 5 aromatic rings. The highest BCUT2D eigenvalue weighted by Gasteiger charge is 2.13. The molecule has 0 fully saturated rings. The first-order valence-corrected chi connectivity index (χ1v) is 24.6. The Kier molecular flexibility index (Phi) is 23.9. The zero-order valence-electron chi connectivity index (χ0n) is 39.5. The van der Waals surface area contributed by atoms with E-state index in [1.165, 1.54) is 122 Å². The van der Waals surface area contributed by atoms with Gasteiger partial charge in [-0.3, -0.25) is 4.99 Å². The number of hydrogen-bond donors (Lipinski definition) is 0. The van der Waals surface area contributed by atoms with Gasteiger partial charge in [0, 0.05) is 6.21 Å². The predicted molar refractivity (Wildman–Crippen MR) is 268 cm³/mol. The molecule has 350 valence electrons. The van der Waals surface area contributed by atoms with E-state index in [9.17, 15) is 9.59 Å². The molecule has 0 bridgehead atoms. The van der Waals surface area contributed by atoms with Gasteiger partial charge in [0.2, 0.25) is 0 Å². The number of rotatable bonds is 32. The van der Waals surface area contributed by atoms with E-state index in [1.54, 1.807) is 60.8 Å². The average molecular weight is 894 g/mol. The van der Waals surface area contributed by atoms with Crippen LogP contribution in [0, 0.1) is 0 Å². The van der Waals surface area contributed by atoms with Crippen molar-refractivity contribution < 1.29 is 28.5 Å². The molecule has 0 N–H and O–H groups in total. The molecule has 0 aliphatic rings. The van der Waals surface area contributed by atoms with Gasteiger partial charge in [-0.25, -0.2) is 9.59 Å². The predicted octanol–water partition coefficient (Wildman–Crippen LogP) is 16.9. The third kappa shape index (κ3) is 20.4. The molecule has 0 radical (unpaired) electrons. The van der Waals surface area contributed by atoms with Crippen LogP contribution >= 0.6 is 0 Å². The molecule has 5 rings (SSSR count). The number of azo groups is 1. The van der Waals surface area contributed by atoms with Crippen LogP contribution in [0.25, 0.3) is 0 Å². The molecule has 5 aromatic carbocycles. The number of aliphatic imine (C=N–C) groups is 1. The van der Waals surface area contributed by atoms with Crippen LogP contribution in [0.2, 0.25) is 0 Å². The second-order valence-corrected chi connectivity index (χ2v) is 16.9. The number of nitrogens with zero attached hydrogens (tertiary/aromatic N) is 3. The topological polar surface area (TPSA) is 108 Å². The van der Waals surface area contributed by atoms with Crippen LogP contribution in [-0.2, 0) is 0 Å². The summed E-state index contributed by atoms with van der Waals surface area (Å²) in [6, 6.07) is 35.4. The second kappa shape index (κ2) is 30.9. The smallest absolute Gasteiger partial charge is 0.343 e. The van der Waals surface area contributed by atoms with Crippen LogP contribution in [0.4, 0.5) is 17.1 Å². The number of ether oxygens (including phenoxy) is 4. The number of carbonyl (C=O) groups excluding carboxylic acids is 2. The number of hydrogen-bond acceptors (Lipinski definition) is 9. The lowest BCUT2D eigenvalue weighted by molar-refractivity contribution is 0.0714. The molecule has 0 aromatic heterocycles. The third-order valence-corrected chi connectivity index (χ3v) is 11.3. The van der Waals surface area contributed by atoms with Gasteiger partial charge in [-0.1, -0.05) is 135 Å². The first-order valence-electron chi connectivity index (χ1n) is 24.6. The summed E-state index contributed by atoms with van der Waals surface area (Å²) in [5.74, 6) is 1.11. The van der Waals surface area contributed by atoms with Gasteiger partial charge in [0.1, 0.15) is 23.0 Å². The van der Waals surface area contributed by atoms with Gasteiger partial charge in [0.25, 0.3) is 0 Å². The molecule has 0 saturated heterocycles. The van der Waals surface area contributed by atoms with Crippen molar-refractivity contribution in [3.05, 3.63) is 138 Å². The van der Waals surface area contributed by atoms with E-state index in [2.05, 4.69) is 29.1 Å². The maximum atomic E-state index is 13.0. The van der Waals surface area contributed by atoms with Gasteiger partial charge >= 0.3 is 11.9 Å². The first kappa shape index (κ1) is 50.9. The first-order chi connectivity index (χ1) is 32.5. The van der Waals surface area contributed by atoms with E-state index in [0.717, 1.165) is 42.2 Å². The SMILES string of the molecule is CCCCCCCCCCCCOc1ccc(N=Cc2ccc(OC(=O)c3cccc(OC(=O)c4ccc(N=Nc5ccc(OCCCCCCCCCCCC)cc5)cc4)c3)cc2)cc1. The highest BCUT2D eigenvalue weighted by atomic mass is 16.5. The molecule has 9 heteroatoms. The number of unbranched alkanes of at least 4 members (excludes halogenated alkanes) is 18. The third-order valence-electron chi connectivity index (χ3n) is 11.3. The Hall–Kier alpha value is -6.09. The Morgan fingerprint density at radius 1 is 0.409 bits per heavy atom. The van der Waals surface area contributed by atoms with Crippen molar-refractivity contribution in [3.8, 4) is 23.0 Å². The maximum absolute atomic E-state index is 13.0. The Morgan fingerprint density at radius 3 is 1.32 bits per heavy atom. The van der Waals surface area contributed by atoms with Crippen molar-refractivity contribution in [2.75, 3.05) is 13.2 Å². The van der Waals surface area contributed by atoms with E-state index in [0.29, 0.717) is 29.3 Å². The van der Waals surface area contributed by atoms with Gasteiger partial charge in [0.05, 0.1) is 41.4 Å². The Morgan fingerprint density at radius 2 is 0.818 bits per heavy atom. The molecule has 0 amide bonds. The second-order valence-electron chi connectivity index (χ2n) is 16.9. The van der Waals surface area contributed by atoms with E-state index in [4.69, 9.17) is 18.9 Å². The number of carbonyl (C=O) groups is 2. The number of benzene rings is 5. The Balaban J connectivity index is 0.971. The normalized spacial score (nSPS) is 11.3. The molecule has 9 nitrogen and oxygen atoms in total. The molecule has 0 saturated carbocycles. The van der Waals surface area contributed by atoms with Crippen molar-refractivity contribution >= 4 is 35.2 Å². The molecule has 0 aliphatic heterocycles. The van der Waals surface area contributed by atoms with Gasteiger partial charge in [-0.05, 0) is 134 Å². The van der Waals surface area contributed by atoms with E-state index >= 15 is 0 Å². The summed E-state index contributed by atoms with van der Waals surface area (Å²) in [5, 5.41) is 8.63. The van der Waals surface area contributed by atoms with Gasteiger partial charge in [0.15, 0.2) is 0 Å². The van der Waals surface area contributed by atoms with E-state index in [1.807, 2.05) is 60.7 Å². The van der Waals surface area contributed by atoms with Crippen LogP contribution < -0.4 is 18.9 Å². The van der Waals surface area contributed by atoms with Gasteiger partial charge < -0.3 is 18.9 Å². The fraction of sp³-hybridized carbons (Fsp3) is 0.421. The Bertz CT molecular complexity index is 2170. The van der Waals surface area contributed by atoms with Crippen molar-refractivity contribution in [3.63, 3.8) is 0 Å². The quantitative estimate of drug-likeness (QED) is 0.0140. The summed E-state index contributed by atoms with van der Waals surface area (Å²) in [6.45, 7) is 5.96. The molecule has 0 atom stereocenters. The van der Waals surface area contributed by atoms with Crippen molar-refractivity contribution in [1.82, 2.24) is 0 Å². The Labute approximate surface area is 394 Å². The van der Waals surface area contributed by atoms with Crippen LogP contribution in [-0.4, -0.2) is 31.4 Å². The fourth-order valence-corrected chi connectivity index (χ4v) is 7.37. The summed E-state index contributed by atoms with van der Waals surface area (Å²) in [5.41, 5.74) is 3.52. The molecule has 66 heavy (non-hydrogen) atoms. The minimum Gasteiger partial charge on any atom is -0.494 e. The lowest BCUT2D eigenvalue weighted by atomic mass is 10.1. The minimum absolute atomic E-state index is 0.217. The monoisotopic (exact) mass is 894 g/mol. The average Bonchev–Trinajstić information content (AvgIpc) is 3.35. The van der Waals surface area contributed by atoms with Crippen molar-refractivity contribution in [1.29, 1.82) is 0 Å². The van der Waals surface area contributed by atoms with E-state index < -0.39 is 11.9 Å². The molecular formula is C57H71N3O6. The highest BCUT2D eigenvalue weighted by Crippen LogP contribution is 2.24. The summed E-state index contributed by atoms with van der Waals surface area (Å²) >= 11 is 0. The summed E-state index contributed by atoms with van der Waals surface area (Å²) < 4.78 is 23.1. The summed E-state index contributed by atoms with van der Waals surface area (Å²) in [7, 11) is 0. The van der Waals surface area contributed by atoms with Gasteiger partial charge in [-0.2, -0.15) is 10.2 Å². The summed E-state index contributed by atoms with van der Waals surface area (Å²) in [6.07, 6.45) is 27.8. The van der Waals surface area contributed by atoms with Crippen LogP contribution in [0.1, 0.15) is 169 Å². The molecule has 0 aliphatic carbocycles. The van der Waals surface area contributed by atoms with Crippen LogP contribution in [0.15, 0.2) is 137 Å². The molecular weight excluding hydrogens is 823 g/mol. The van der Waals surface area contributed by atoms with Gasteiger partial charge in [-0.15, -0.1) is 0 Å². The van der Waals surface area contributed by atoms with Crippen molar-refractivity contribution in [2.24, 2.45) is 15.2 Å². The number of esters is 2. The lowest BCUT2D eigenvalue weighted by Crippen LogP contribution is -2.11. The molecule has 0 unspecified atom stereocenters. The van der Waals surface area contributed by atoms with Crippen molar-refractivity contribution in [2.45, 2.75) is 142 Å². The molecule has 0 spiro atoms. The zero-order valence-corrected chi connectivity index (χ0v) is 39.5. The highest BCUT2D eigenvalue weighted by molar-refractivity contribution is 5.93. The molecule has 0 heterocycles. The largest absolute Gasteiger partial charge is 0.494 e. The van der Waals surface area contributed by atoms with Crippen LogP contribution in [0.3, 0.4) is 0 Å². The zero-order chi connectivity index (χ0) is 46.3. The van der Waals surface area contributed by atoms with Crippen LogP contribution in [0.5, 0.6) is 23.0 Å². The summed E-state index contributed by atoms with van der Waals surface area (Å²) in [4.78, 5) is 30.6. The fourth-order valence-electron chi connectivity index (χ4n) is 7.37. The standard InChI is InChI=1S/C57H71N3O6/c1-3-5-7-9-11-13-15-17-19-21-42-63-52-38-32-49(33-39-52)58-45-46-26-36-54(37-27-46)65-57(62)48-24-23-25-55(44-48)66-56(61)47-28-30-50(31-29-47)59-60-51-34-40-53(41-35-51)64-43-22-20-18-16-14-12-10-8-6-4-2/h23-41,44-45H,3-22,42-43H2,1-2H3. The maximum Gasteiger partial charge on any atom is 0.343 e. The van der Waals surface area contributed by atoms with E-state index in [-0.39, 0.29) is 11.3 Å².